The molecular formula is C13H19BrN2O2. The van der Waals surface area contributed by atoms with Gasteiger partial charge in [0.1, 0.15) is 0 Å². The van der Waals surface area contributed by atoms with E-state index >= 15 is 0 Å². The fourth-order valence-corrected chi connectivity index (χ4v) is 2.28. The van der Waals surface area contributed by atoms with Crippen LogP contribution in [0.1, 0.15) is 36.2 Å². The van der Waals surface area contributed by atoms with E-state index in [0.717, 1.165) is 10.0 Å². The van der Waals surface area contributed by atoms with Crippen molar-refractivity contribution >= 4 is 27.5 Å². The fraction of sp³-hybridized carbons (Fsp3) is 0.462. The Morgan fingerprint density at radius 2 is 2.11 bits per heavy atom. The predicted octanol–water partition coefficient (Wildman–Crippen LogP) is 2.23. The fourth-order valence-electron chi connectivity index (χ4n) is 1.81. The minimum absolute atomic E-state index is 0.0860. The van der Waals surface area contributed by atoms with E-state index < -0.39 is 6.10 Å². The lowest BCUT2D eigenvalue weighted by Crippen LogP contribution is -2.35. The van der Waals surface area contributed by atoms with Gasteiger partial charge >= 0.3 is 0 Å². The number of halogens is 1. The normalized spacial score (nSPS) is 14.1. The van der Waals surface area contributed by atoms with Crippen molar-refractivity contribution in [1.82, 2.24) is 5.32 Å². The number of nitrogen functional groups attached to an aromatic ring is 1. The Labute approximate surface area is 116 Å². The van der Waals surface area contributed by atoms with Crippen LogP contribution in [0.5, 0.6) is 0 Å². The predicted molar refractivity (Wildman–Crippen MR) is 76.5 cm³/mol. The summed E-state index contributed by atoms with van der Waals surface area (Å²) in [5, 5.41) is 12.1. The van der Waals surface area contributed by atoms with Gasteiger partial charge in [-0.3, -0.25) is 4.79 Å². The summed E-state index contributed by atoms with van der Waals surface area (Å²) in [6.07, 6.45) is 0.0860. The van der Waals surface area contributed by atoms with Gasteiger partial charge in [-0.2, -0.15) is 0 Å². The van der Waals surface area contributed by atoms with Gasteiger partial charge in [0.25, 0.3) is 5.91 Å². The highest BCUT2D eigenvalue weighted by Crippen LogP contribution is 2.22. The molecule has 5 heteroatoms. The summed E-state index contributed by atoms with van der Waals surface area (Å²) in [5.41, 5.74) is 7.72. The van der Waals surface area contributed by atoms with Crippen molar-refractivity contribution in [1.29, 1.82) is 0 Å². The number of rotatable bonds is 4. The molecule has 0 saturated heterocycles. The van der Waals surface area contributed by atoms with Crippen LogP contribution in [0, 0.1) is 6.92 Å². The van der Waals surface area contributed by atoms with Crippen LogP contribution in [-0.2, 0) is 0 Å². The zero-order valence-corrected chi connectivity index (χ0v) is 12.4. The molecule has 2 atom stereocenters. The van der Waals surface area contributed by atoms with Gasteiger partial charge in [0.05, 0.1) is 6.10 Å². The van der Waals surface area contributed by atoms with Crippen LogP contribution in [0.2, 0.25) is 0 Å². The van der Waals surface area contributed by atoms with E-state index in [2.05, 4.69) is 21.2 Å². The molecule has 2 unspecified atom stereocenters. The molecule has 1 aromatic carbocycles. The number of hydrogen-bond donors (Lipinski definition) is 3. The van der Waals surface area contributed by atoms with Gasteiger partial charge in [0, 0.05) is 21.8 Å². The smallest absolute Gasteiger partial charge is 0.251 e. The lowest BCUT2D eigenvalue weighted by atomic mass is 10.1. The van der Waals surface area contributed by atoms with Crippen molar-refractivity contribution in [3.8, 4) is 0 Å². The van der Waals surface area contributed by atoms with E-state index in [-0.39, 0.29) is 11.9 Å². The quantitative estimate of drug-likeness (QED) is 0.746. The second-order valence-corrected chi connectivity index (χ2v) is 5.54. The van der Waals surface area contributed by atoms with Crippen molar-refractivity contribution in [2.45, 2.75) is 39.3 Å². The number of carbonyl (C=O) groups excluding carboxylic acids is 1. The maximum absolute atomic E-state index is 12.1. The maximum atomic E-state index is 12.1. The van der Waals surface area contributed by atoms with Crippen molar-refractivity contribution in [3.05, 3.63) is 27.7 Å². The van der Waals surface area contributed by atoms with E-state index in [0.29, 0.717) is 17.7 Å². The standard InChI is InChI=1S/C13H19BrN2O2/c1-7(4-8(2)17)16-13(18)11-5-10(14)6-12(15)9(11)3/h5-8,17H,4,15H2,1-3H3,(H,16,18). The Morgan fingerprint density at radius 1 is 1.50 bits per heavy atom. The first-order valence-corrected chi connectivity index (χ1v) is 6.65. The molecule has 0 saturated carbocycles. The lowest BCUT2D eigenvalue weighted by Gasteiger charge is -2.17. The summed E-state index contributed by atoms with van der Waals surface area (Å²) < 4.78 is 0.777. The highest BCUT2D eigenvalue weighted by atomic mass is 79.9. The number of amides is 1. The lowest BCUT2D eigenvalue weighted by molar-refractivity contribution is 0.0922. The average Bonchev–Trinajstić information content (AvgIpc) is 2.21. The number of aliphatic hydroxyl groups excluding tert-OH is 1. The molecular weight excluding hydrogens is 296 g/mol. The molecule has 0 aliphatic carbocycles. The Balaban J connectivity index is 2.85. The number of aliphatic hydroxyl groups is 1. The Bertz CT molecular complexity index is 447. The first-order chi connectivity index (χ1) is 8.31. The number of benzene rings is 1. The number of carbonyl (C=O) groups is 1. The maximum Gasteiger partial charge on any atom is 0.251 e. The van der Waals surface area contributed by atoms with E-state index in [9.17, 15) is 9.90 Å². The topological polar surface area (TPSA) is 75.4 Å². The van der Waals surface area contributed by atoms with Gasteiger partial charge in [-0.05, 0) is 44.9 Å². The molecule has 1 aromatic rings. The van der Waals surface area contributed by atoms with Crippen molar-refractivity contribution in [2.24, 2.45) is 0 Å². The van der Waals surface area contributed by atoms with Crippen LogP contribution < -0.4 is 11.1 Å². The number of nitrogens with two attached hydrogens (primary N) is 1. The number of anilines is 1. The van der Waals surface area contributed by atoms with Gasteiger partial charge in [0.2, 0.25) is 0 Å². The van der Waals surface area contributed by atoms with Crippen LogP contribution in [0.25, 0.3) is 0 Å². The second-order valence-electron chi connectivity index (χ2n) is 4.63. The molecule has 0 aliphatic heterocycles. The molecule has 4 nitrogen and oxygen atoms in total. The second kappa shape index (κ2) is 6.20. The highest BCUT2D eigenvalue weighted by molar-refractivity contribution is 9.10. The molecule has 4 N–H and O–H groups in total. The Morgan fingerprint density at radius 3 is 2.67 bits per heavy atom. The van der Waals surface area contributed by atoms with Crippen molar-refractivity contribution in [3.63, 3.8) is 0 Å². The SMILES string of the molecule is Cc1c(N)cc(Br)cc1C(=O)NC(C)CC(C)O. The summed E-state index contributed by atoms with van der Waals surface area (Å²) in [6, 6.07) is 3.43. The third-order valence-electron chi connectivity index (χ3n) is 2.73. The third-order valence-corrected chi connectivity index (χ3v) is 3.19. The molecule has 0 aromatic heterocycles. The summed E-state index contributed by atoms with van der Waals surface area (Å²) >= 11 is 3.32. The van der Waals surface area contributed by atoms with Crippen LogP contribution in [0.4, 0.5) is 5.69 Å². The first kappa shape index (κ1) is 15.0. The van der Waals surface area contributed by atoms with Crippen LogP contribution in [-0.4, -0.2) is 23.2 Å². The number of hydrogen-bond acceptors (Lipinski definition) is 3. The Hall–Kier alpha value is -1.07. The molecule has 18 heavy (non-hydrogen) atoms. The summed E-state index contributed by atoms with van der Waals surface area (Å²) in [6.45, 7) is 5.38. The zero-order chi connectivity index (χ0) is 13.9. The highest BCUT2D eigenvalue weighted by Gasteiger charge is 2.15. The van der Waals surface area contributed by atoms with Crippen molar-refractivity contribution in [2.75, 3.05) is 5.73 Å². The van der Waals surface area contributed by atoms with Gasteiger partial charge in [-0.1, -0.05) is 15.9 Å². The zero-order valence-electron chi connectivity index (χ0n) is 10.8. The minimum atomic E-state index is -0.436. The van der Waals surface area contributed by atoms with Gasteiger partial charge in [0.15, 0.2) is 0 Å². The molecule has 1 amide bonds. The van der Waals surface area contributed by atoms with E-state index in [1.165, 1.54) is 0 Å². The first-order valence-electron chi connectivity index (χ1n) is 5.85. The monoisotopic (exact) mass is 314 g/mol. The van der Waals surface area contributed by atoms with Gasteiger partial charge in [-0.25, -0.2) is 0 Å². The molecule has 0 bridgehead atoms. The largest absolute Gasteiger partial charge is 0.398 e. The summed E-state index contributed by atoms with van der Waals surface area (Å²) in [4.78, 5) is 12.1. The molecule has 0 heterocycles. The third kappa shape index (κ3) is 3.99. The van der Waals surface area contributed by atoms with Crippen LogP contribution in [0.3, 0.4) is 0 Å². The Kier molecular flexibility index (Phi) is 5.16. The van der Waals surface area contributed by atoms with E-state index in [4.69, 9.17) is 5.73 Å². The average molecular weight is 315 g/mol. The molecule has 0 radical (unpaired) electrons. The van der Waals surface area contributed by atoms with Gasteiger partial charge in [-0.15, -0.1) is 0 Å². The summed E-state index contributed by atoms with van der Waals surface area (Å²) in [5.74, 6) is -0.173. The van der Waals surface area contributed by atoms with Crippen LogP contribution in [0.15, 0.2) is 16.6 Å². The molecule has 0 aliphatic rings. The molecule has 1 rings (SSSR count). The van der Waals surface area contributed by atoms with E-state index in [1.807, 2.05) is 13.8 Å². The molecule has 0 fully saturated rings. The van der Waals surface area contributed by atoms with Gasteiger partial charge < -0.3 is 16.2 Å². The van der Waals surface area contributed by atoms with E-state index in [1.54, 1.807) is 19.1 Å². The van der Waals surface area contributed by atoms with Crippen molar-refractivity contribution < 1.29 is 9.90 Å². The summed E-state index contributed by atoms with van der Waals surface area (Å²) in [7, 11) is 0. The van der Waals surface area contributed by atoms with Crippen LogP contribution >= 0.6 is 15.9 Å². The molecule has 100 valence electrons. The minimum Gasteiger partial charge on any atom is -0.398 e. The number of nitrogens with one attached hydrogen (secondary N) is 1. The molecule has 0 spiro atoms.